The molecule has 0 atom stereocenters. The van der Waals surface area contributed by atoms with Crippen molar-refractivity contribution in [3.63, 3.8) is 0 Å². The van der Waals surface area contributed by atoms with Gasteiger partial charge in [0, 0.05) is 6.54 Å². The Morgan fingerprint density at radius 3 is 2.56 bits per heavy atom. The Morgan fingerprint density at radius 1 is 1.16 bits per heavy atom. The molecule has 0 saturated carbocycles. The van der Waals surface area contributed by atoms with Crippen molar-refractivity contribution in [2.24, 2.45) is 0 Å². The summed E-state index contributed by atoms with van der Waals surface area (Å²) in [4.78, 5) is 25.7. The number of carbonyl (C=O) groups is 2. The average Bonchev–Trinajstić information content (AvgIpc) is 2.58. The van der Waals surface area contributed by atoms with Gasteiger partial charge in [0.25, 0.3) is 5.91 Å². The molecule has 0 aliphatic carbocycles. The molecule has 1 N–H and O–H groups in total. The van der Waals surface area contributed by atoms with Crippen LogP contribution in [0.15, 0.2) is 48.5 Å². The largest absolute Gasteiger partial charge is 0.478 e. The zero-order valence-electron chi connectivity index (χ0n) is 14.4. The molecule has 130 valence electrons. The maximum absolute atomic E-state index is 12.8. The summed E-state index contributed by atoms with van der Waals surface area (Å²) in [6.07, 6.45) is 1.63. The van der Waals surface area contributed by atoms with E-state index >= 15 is 0 Å². The number of ether oxygens (including phenoxy) is 1. The second-order valence-electron chi connectivity index (χ2n) is 6.65. The molecular formula is C20H21NO4. The van der Waals surface area contributed by atoms with Gasteiger partial charge in [-0.05, 0) is 50.5 Å². The zero-order valence-corrected chi connectivity index (χ0v) is 14.4. The number of carboxylic acids is 1. The predicted octanol–water partition coefficient (Wildman–Crippen LogP) is 3.52. The molecule has 0 saturated heterocycles. The minimum Gasteiger partial charge on any atom is -0.478 e. The number of benzene rings is 2. The Bertz CT molecular complexity index is 799. The minimum absolute atomic E-state index is 0.142. The van der Waals surface area contributed by atoms with Gasteiger partial charge in [-0.2, -0.15) is 0 Å². The summed E-state index contributed by atoms with van der Waals surface area (Å²) < 4.78 is 5.78. The maximum atomic E-state index is 12.8. The van der Waals surface area contributed by atoms with Crippen LogP contribution < -0.4 is 9.64 Å². The van der Waals surface area contributed by atoms with E-state index < -0.39 is 11.6 Å². The summed E-state index contributed by atoms with van der Waals surface area (Å²) >= 11 is 0. The lowest BCUT2D eigenvalue weighted by Crippen LogP contribution is -2.52. The molecule has 0 bridgehead atoms. The summed E-state index contributed by atoms with van der Waals surface area (Å²) in [5, 5.41) is 9.22. The van der Waals surface area contributed by atoms with Gasteiger partial charge in [-0.25, -0.2) is 4.79 Å². The lowest BCUT2D eigenvalue weighted by molar-refractivity contribution is -0.132. The summed E-state index contributed by atoms with van der Waals surface area (Å²) in [5.41, 5.74) is 0.909. The van der Waals surface area contributed by atoms with Crippen LogP contribution in [0.1, 0.15) is 36.2 Å². The summed E-state index contributed by atoms with van der Waals surface area (Å²) in [5.74, 6) is -0.644. The van der Waals surface area contributed by atoms with Crippen LogP contribution >= 0.6 is 0 Å². The van der Waals surface area contributed by atoms with E-state index in [1.807, 2.05) is 18.2 Å². The number of fused-ring (bicyclic) bond motifs is 1. The number of carboxylic acid groups (broad SMARTS) is 1. The van der Waals surface area contributed by atoms with Crippen LogP contribution in [0.3, 0.4) is 0 Å². The Balaban J connectivity index is 1.84. The summed E-state index contributed by atoms with van der Waals surface area (Å²) in [6.45, 7) is 3.97. The van der Waals surface area contributed by atoms with E-state index in [4.69, 9.17) is 4.74 Å². The highest BCUT2D eigenvalue weighted by Crippen LogP contribution is 2.38. The fraction of sp³-hybridized carbons (Fsp3) is 0.300. The van der Waals surface area contributed by atoms with Gasteiger partial charge in [0.2, 0.25) is 0 Å². The van der Waals surface area contributed by atoms with Gasteiger partial charge in [0.05, 0.1) is 11.3 Å². The van der Waals surface area contributed by atoms with Crippen molar-refractivity contribution in [1.29, 1.82) is 0 Å². The molecule has 25 heavy (non-hydrogen) atoms. The Hall–Kier alpha value is -2.82. The monoisotopic (exact) mass is 339 g/mol. The molecule has 0 radical (unpaired) electrons. The molecule has 0 spiro atoms. The van der Waals surface area contributed by atoms with Gasteiger partial charge in [-0.1, -0.05) is 30.3 Å². The lowest BCUT2D eigenvalue weighted by atomic mass is 10.0. The van der Waals surface area contributed by atoms with E-state index in [1.165, 1.54) is 17.7 Å². The van der Waals surface area contributed by atoms with Crippen LogP contribution in [0.2, 0.25) is 0 Å². The smallest absolute Gasteiger partial charge is 0.335 e. The quantitative estimate of drug-likeness (QED) is 0.905. The standard InChI is InChI=1S/C20H21NO4/c1-20(2)19(24)21(12-6-9-14-7-4-3-5-8-14)16-13-15(18(22)23)10-11-17(16)25-20/h3-5,7-8,10-11,13H,6,9,12H2,1-2H3,(H,22,23). The van der Waals surface area contributed by atoms with Crippen LogP contribution in [0.5, 0.6) is 5.75 Å². The van der Waals surface area contributed by atoms with E-state index in [2.05, 4.69) is 12.1 Å². The van der Waals surface area contributed by atoms with E-state index in [-0.39, 0.29) is 11.5 Å². The topological polar surface area (TPSA) is 66.8 Å². The van der Waals surface area contributed by atoms with Crippen LogP contribution in [0, 0.1) is 0 Å². The second-order valence-corrected chi connectivity index (χ2v) is 6.65. The van der Waals surface area contributed by atoms with Crippen molar-refractivity contribution in [2.45, 2.75) is 32.3 Å². The van der Waals surface area contributed by atoms with Crippen LogP contribution in [0.25, 0.3) is 0 Å². The summed E-state index contributed by atoms with van der Waals surface area (Å²) in [6, 6.07) is 14.7. The molecule has 0 unspecified atom stereocenters. The van der Waals surface area contributed by atoms with Crippen LogP contribution in [-0.4, -0.2) is 29.1 Å². The third-order valence-corrected chi connectivity index (χ3v) is 4.31. The number of anilines is 1. The normalized spacial score (nSPS) is 15.4. The van der Waals surface area contributed by atoms with Crippen molar-refractivity contribution >= 4 is 17.6 Å². The van der Waals surface area contributed by atoms with Crippen LogP contribution in [-0.2, 0) is 11.2 Å². The molecule has 5 heteroatoms. The lowest BCUT2D eigenvalue weighted by Gasteiger charge is -2.39. The number of aryl methyl sites for hydroxylation is 1. The fourth-order valence-corrected chi connectivity index (χ4v) is 3.01. The Labute approximate surface area is 146 Å². The van der Waals surface area contributed by atoms with Crippen molar-refractivity contribution < 1.29 is 19.4 Å². The number of hydrogen-bond donors (Lipinski definition) is 1. The fourth-order valence-electron chi connectivity index (χ4n) is 3.01. The first-order chi connectivity index (χ1) is 11.9. The number of carbonyl (C=O) groups excluding carboxylic acids is 1. The second kappa shape index (κ2) is 6.59. The molecule has 2 aromatic carbocycles. The van der Waals surface area contributed by atoms with Gasteiger partial charge in [-0.3, -0.25) is 4.79 Å². The first kappa shape index (κ1) is 17.0. The molecular weight excluding hydrogens is 318 g/mol. The highest BCUT2D eigenvalue weighted by molar-refractivity contribution is 6.03. The van der Waals surface area contributed by atoms with Crippen molar-refractivity contribution in [2.75, 3.05) is 11.4 Å². The van der Waals surface area contributed by atoms with Gasteiger partial charge in [0.15, 0.2) is 5.60 Å². The molecule has 1 amide bonds. The minimum atomic E-state index is -1.02. The third-order valence-electron chi connectivity index (χ3n) is 4.31. The molecule has 0 fully saturated rings. The first-order valence-electron chi connectivity index (χ1n) is 8.31. The van der Waals surface area contributed by atoms with Crippen LogP contribution in [0.4, 0.5) is 5.69 Å². The Morgan fingerprint density at radius 2 is 1.88 bits per heavy atom. The SMILES string of the molecule is CC1(C)Oc2ccc(C(=O)O)cc2N(CCCc2ccccc2)C1=O. The molecule has 1 aliphatic rings. The molecule has 0 aromatic heterocycles. The van der Waals surface area contributed by atoms with Gasteiger partial charge >= 0.3 is 5.97 Å². The van der Waals surface area contributed by atoms with E-state index in [0.29, 0.717) is 18.0 Å². The van der Waals surface area contributed by atoms with E-state index in [1.54, 1.807) is 24.8 Å². The highest BCUT2D eigenvalue weighted by Gasteiger charge is 2.40. The van der Waals surface area contributed by atoms with E-state index in [0.717, 1.165) is 12.8 Å². The van der Waals surface area contributed by atoms with Gasteiger partial charge in [-0.15, -0.1) is 0 Å². The average molecular weight is 339 g/mol. The first-order valence-corrected chi connectivity index (χ1v) is 8.31. The molecule has 1 aliphatic heterocycles. The summed E-state index contributed by atoms with van der Waals surface area (Å²) in [7, 11) is 0. The van der Waals surface area contributed by atoms with Crippen molar-refractivity contribution in [3.8, 4) is 5.75 Å². The highest BCUT2D eigenvalue weighted by atomic mass is 16.5. The Kier molecular flexibility index (Phi) is 4.49. The third kappa shape index (κ3) is 3.50. The zero-order chi connectivity index (χ0) is 18.0. The van der Waals surface area contributed by atoms with E-state index in [9.17, 15) is 14.7 Å². The van der Waals surface area contributed by atoms with Crippen molar-refractivity contribution in [1.82, 2.24) is 0 Å². The number of hydrogen-bond acceptors (Lipinski definition) is 3. The molecule has 2 aromatic rings. The van der Waals surface area contributed by atoms with Gasteiger partial charge in [0.1, 0.15) is 5.75 Å². The predicted molar refractivity (Wildman–Crippen MR) is 95.2 cm³/mol. The molecule has 5 nitrogen and oxygen atoms in total. The molecule has 1 heterocycles. The number of nitrogens with zero attached hydrogens (tertiary/aromatic N) is 1. The number of rotatable bonds is 5. The number of aromatic carboxylic acids is 1. The van der Waals surface area contributed by atoms with Crippen molar-refractivity contribution in [3.05, 3.63) is 59.7 Å². The molecule has 3 rings (SSSR count). The van der Waals surface area contributed by atoms with Gasteiger partial charge < -0.3 is 14.7 Å². The maximum Gasteiger partial charge on any atom is 0.335 e. The number of amides is 1.